The third-order valence-corrected chi connectivity index (χ3v) is 4.95. The Hall–Kier alpha value is -1.37. The molecule has 1 heterocycles. The van der Waals surface area contributed by atoms with E-state index in [9.17, 15) is 18.4 Å². The van der Waals surface area contributed by atoms with Gasteiger partial charge in [0.05, 0.1) is 10.6 Å². The maximum Gasteiger partial charge on any atom is 0.362 e. The number of benzene rings is 1. The van der Waals surface area contributed by atoms with Gasteiger partial charge < -0.3 is 4.98 Å². The number of Topliss-reactive ketones (excluding diaryl/α,β-unsaturated/α-hetero) is 1. The van der Waals surface area contributed by atoms with Crippen LogP contribution in [0.25, 0.3) is 0 Å². The van der Waals surface area contributed by atoms with Gasteiger partial charge in [-0.1, -0.05) is 49.3 Å². The molecule has 0 atom stereocenters. The predicted molar refractivity (Wildman–Crippen MR) is 98.5 cm³/mol. The van der Waals surface area contributed by atoms with E-state index in [1.165, 1.54) is 6.92 Å². The number of aryl methyl sites for hydroxylation is 1. The number of ketones is 1. The fourth-order valence-corrected chi connectivity index (χ4v) is 3.53. The number of H-pyrrole nitrogens is 1. The number of carbonyl (C=O) groups excluding carboxylic acids is 1. The Labute approximate surface area is 158 Å². The Bertz CT molecular complexity index is 812. The van der Waals surface area contributed by atoms with E-state index < -0.39 is 22.4 Å². The molecular formula is C17H17Cl2F2NO2S. The van der Waals surface area contributed by atoms with Gasteiger partial charge in [-0.05, 0) is 43.1 Å². The zero-order valence-corrected chi connectivity index (χ0v) is 16.4. The van der Waals surface area contributed by atoms with Gasteiger partial charge >= 0.3 is 5.38 Å². The van der Waals surface area contributed by atoms with Crippen molar-refractivity contribution in [1.82, 2.24) is 4.98 Å². The summed E-state index contributed by atoms with van der Waals surface area (Å²) in [7, 11) is 0. The molecule has 1 aromatic heterocycles. The average Bonchev–Trinajstić information content (AvgIpc) is 2.51. The van der Waals surface area contributed by atoms with Crippen LogP contribution >= 0.6 is 35.0 Å². The first-order valence-corrected chi connectivity index (χ1v) is 8.97. The molecule has 0 amide bonds. The lowest BCUT2D eigenvalue weighted by molar-refractivity contribution is 0.0888. The van der Waals surface area contributed by atoms with Crippen LogP contribution in [0.5, 0.6) is 0 Å². The van der Waals surface area contributed by atoms with Crippen LogP contribution in [-0.2, 0) is 5.38 Å². The molecule has 3 nitrogen and oxygen atoms in total. The third-order valence-electron chi connectivity index (χ3n) is 3.03. The molecule has 0 radical (unpaired) electrons. The molecule has 136 valence electrons. The fraction of sp³-hybridized carbons (Fsp3) is 0.294. The molecule has 1 aromatic carbocycles. The van der Waals surface area contributed by atoms with E-state index in [0.29, 0.717) is 9.92 Å². The topological polar surface area (TPSA) is 49.9 Å². The van der Waals surface area contributed by atoms with Gasteiger partial charge in [-0.3, -0.25) is 9.59 Å². The van der Waals surface area contributed by atoms with Crippen LogP contribution in [0.1, 0.15) is 42.4 Å². The number of hydrogen-bond acceptors (Lipinski definition) is 3. The number of pyridine rings is 1. The number of alkyl halides is 3. The molecule has 0 aliphatic heterocycles. The van der Waals surface area contributed by atoms with Crippen LogP contribution in [-0.4, -0.2) is 10.8 Å². The van der Waals surface area contributed by atoms with Crippen molar-refractivity contribution in [3.63, 3.8) is 0 Å². The fourth-order valence-electron chi connectivity index (χ4n) is 1.96. The standard InChI is InChI=1S/C15H11Cl2F2NO2S.C2H6/c1-7-4-3-5-9(16)13(7)23-10-6-11(15(17,18)19)20-14(22)12(10)8(2)21;1-2/h3-6H,1-2H3,(H,20,22);1-2H3. The molecule has 8 heteroatoms. The maximum atomic E-state index is 13.3. The Morgan fingerprint density at radius 1 is 1.28 bits per heavy atom. The van der Waals surface area contributed by atoms with E-state index in [4.69, 9.17) is 23.2 Å². The maximum absolute atomic E-state index is 13.3. The van der Waals surface area contributed by atoms with Crippen LogP contribution in [0, 0.1) is 6.92 Å². The first-order chi connectivity index (χ1) is 11.6. The Kier molecular flexibility index (Phi) is 7.65. The highest BCUT2D eigenvalue weighted by atomic mass is 35.5. The molecule has 0 unspecified atom stereocenters. The number of hydrogen-bond donors (Lipinski definition) is 1. The minimum atomic E-state index is -3.75. The van der Waals surface area contributed by atoms with Crippen molar-refractivity contribution >= 4 is 40.7 Å². The Morgan fingerprint density at radius 2 is 1.88 bits per heavy atom. The molecule has 2 aromatic rings. The van der Waals surface area contributed by atoms with Crippen LogP contribution < -0.4 is 5.56 Å². The summed E-state index contributed by atoms with van der Waals surface area (Å²) in [6, 6.07) is 6.16. The van der Waals surface area contributed by atoms with E-state index in [1.54, 1.807) is 25.1 Å². The van der Waals surface area contributed by atoms with Gasteiger partial charge in [-0.25, -0.2) is 0 Å². The number of aromatic nitrogens is 1. The van der Waals surface area contributed by atoms with Gasteiger partial charge in [0.2, 0.25) is 0 Å². The Morgan fingerprint density at radius 3 is 2.36 bits per heavy atom. The van der Waals surface area contributed by atoms with Gasteiger partial charge in [-0.15, -0.1) is 0 Å². The lowest BCUT2D eigenvalue weighted by Crippen LogP contribution is -2.22. The molecular weight excluding hydrogens is 391 g/mol. The van der Waals surface area contributed by atoms with E-state index in [1.807, 2.05) is 18.8 Å². The predicted octanol–water partition coefficient (Wildman–Crippen LogP) is 6.00. The van der Waals surface area contributed by atoms with E-state index in [0.717, 1.165) is 23.4 Å². The highest BCUT2D eigenvalue weighted by Crippen LogP contribution is 2.39. The summed E-state index contributed by atoms with van der Waals surface area (Å²) in [5.41, 5.74) is -1.11. The van der Waals surface area contributed by atoms with Gasteiger partial charge in [0.25, 0.3) is 5.56 Å². The lowest BCUT2D eigenvalue weighted by atomic mass is 10.2. The average molecular weight is 408 g/mol. The quantitative estimate of drug-likeness (QED) is 0.498. The van der Waals surface area contributed by atoms with E-state index in [2.05, 4.69) is 0 Å². The zero-order valence-electron chi connectivity index (χ0n) is 14.0. The van der Waals surface area contributed by atoms with Crippen molar-refractivity contribution in [2.24, 2.45) is 0 Å². The summed E-state index contributed by atoms with van der Waals surface area (Å²) in [5.74, 6) is -0.539. The second-order valence-corrected chi connectivity index (χ2v) is 6.73. The molecule has 2 rings (SSSR count). The molecule has 0 saturated heterocycles. The molecule has 0 spiro atoms. The number of carbonyl (C=O) groups is 1. The molecule has 0 bridgehead atoms. The molecule has 1 N–H and O–H groups in total. The summed E-state index contributed by atoms with van der Waals surface area (Å²) in [4.78, 5) is 26.3. The first kappa shape index (κ1) is 21.7. The van der Waals surface area contributed by atoms with Crippen molar-refractivity contribution in [1.29, 1.82) is 0 Å². The lowest BCUT2D eigenvalue weighted by Gasteiger charge is -2.14. The van der Waals surface area contributed by atoms with Crippen molar-refractivity contribution in [3.05, 3.63) is 56.5 Å². The molecule has 0 fully saturated rings. The van der Waals surface area contributed by atoms with E-state index in [-0.39, 0.29) is 10.5 Å². The molecule has 0 aliphatic carbocycles. The van der Waals surface area contributed by atoms with Gasteiger partial charge in [-0.2, -0.15) is 8.78 Å². The Balaban J connectivity index is 0.00000151. The largest absolute Gasteiger partial charge is 0.362 e. The second-order valence-electron chi connectivity index (χ2n) is 4.79. The normalized spacial score (nSPS) is 10.9. The van der Waals surface area contributed by atoms with Crippen molar-refractivity contribution in [2.45, 2.75) is 42.9 Å². The van der Waals surface area contributed by atoms with Crippen molar-refractivity contribution in [2.75, 3.05) is 0 Å². The third kappa shape index (κ3) is 5.30. The number of nitrogens with one attached hydrogen (secondary N) is 1. The van der Waals surface area contributed by atoms with Crippen LogP contribution in [0.3, 0.4) is 0 Å². The molecule has 0 aliphatic rings. The first-order valence-electron chi connectivity index (χ1n) is 7.39. The van der Waals surface area contributed by atoms with Crippen molar-refractivity contribution < 1.29 is 13.6 Å². The van der Waals surface area contributed by atoms with Gasteiger partial charge in [0.1, 0.15) is 5.69 Å². The summed E-state index contributed by atoms with van der Waals surface area (Å²) >= 11 is 12.1. The van der Waals surface area contributed by atoms with Crippen LogP contribution in [0.2, 0.25) is 5.02 Å². The minimum Gasteiger partial charge on any atom is -0.319 e. The summed E-state index contributed by atoms with van der Waals surface area (Å²) in [5, 5.41) is -3.36. The molecule has 0 saturated carbocycles. The highest BCUT2D eigenvalue weighted by Gasteiger charge is 2.31. The van der Waals surface area contributed by atoms with Gasteiger partial charge in [0, 0.05) is 9.79 Å². The van der Waals surface area contributed by atoms with Crippen molar-refractivity contribution in [3.8, 4) is 0 Å². The summed E-state index contributed by atoms with van der Waals surface area (Å²) in [6.07, 6.45) is 0. The van der Waals surface area contributed by atoms with Gasteiger partial charge in [0.15, 0.2) is 5.78 Å². The number of aromatic amines is 1. The van der Waals surface area contributed by atoms with Crippen LogP contribution in [0.4, 0.5) is 8.78 Å². The summed E-state index contributed by atoms with van der Waals surface area (Å²) in [6.45, 7) is 6.97. The smallest absolute Gasteiger partial charge is 0.319 e. The van der Waals surface area contributed by atoms with Crippen LogP contribution in [0.15, 0.2) is 38.9 Å². The molecule has 25 heavy (non-hydrogen) atoms. The zero-order chi connectivity index (χ0) is 19.4. The monoisotopic (exact) mass is 407 g/mol. The van der Waals surface area contributed by atoms with E-state index >= 15 is 0 Å². The highest BCUT2D eigenvalue weighted by molar-refractivity contribution is 7.99. The summed E-state index contributed by atoms with van der Waals surface area (Å²) < 4.78 is 26.6. The number of halogens is 4. The minimum absolute atomic E-state index is 0.0766. The number of rotatable bonds is 4. The second kappa shape index (κ2) is 8.83. The SMILES string of the molecule is CC.CC(=O)c1c(Sc2c(C)cccc2Cl)cc(C(F)(F)Cl)[nH]c1=O.